The van der Waals surface area contributed by atoms with Crippen molar-refractivity contribution in [2.45, 2.75) is 18.0 Å². The van der Waals surface area contributed by atoms with Crippen molar-refractivity contribution in [1.82, 2.24) is 4.90 Å². The monoisotopic (exact) mass is 466 g/mol. The van der Waals surface area contributed by atoms with Crippen molar-refractivity contribution >= 4 is 34.6 Å². The third-order valence-electron chi connectivity index (χ3n) is 5.44. The van der Waals surface area contributed by atoms with Crippen molar-refractivity contribution in [1.29, 1.82) is 10.5 Å². The molecule has 0 saturated carbocycles. The van der Waals surface area contributed by atoms with E-state index < -0.39 is 29.3 Å². The standard InChI is InChI=1S/C21H15IN4O/c22-15-6-3-5-14(10-15)17-18(20(25)27)26-9-8-13-4-1-2-7-16(13)19(26)21(17,11-23)12-24/h1-10,17-19H,(H2,25,27)/t17-,18-,19-/m1/s1. The maximum atomic E-state index is 12.5. The fourth-order valence-corrected chi connectivity index (χ4v) is 4.96. The van der Waals surface area contributed by atoms with Gasteiger partial charge in [-0.2, -0.15) is 10.5 Å². The number of primary amides is 1. The van der Waals surface area contributed by atoms with Crippen LogP contribution in [0, 0.1) is 31.6 Å². The maximum absolute atomic E-state index is 12.5. The highest BCUT2D eigenvalue weighted by atomic mass is 127. The van der Waals surface area contributed by atoms with E-state index in [9.17, 15) is 15.3 Å². The van der Waals surface area contributed by atoms with Gasteiger partial charge in [-0.15, -0.1) is 0 Å². The summed E-state index contributed by atoms with van der Waals surface area (Å²) in [5, 5.41) is 20.4. The molecule has 132 valence electrons. The number of rotatable bonds is 2. The first kappa shape index (κ1) is 17.6. The number of nitriles is 2. The SMILES string of the molecule is N#CC1(C#N)[C@H](c2cccc(I)c2)[C@H](C(N)=O)N2C=Cc3ccccc3[C@@H]21. The van der Waals surface area contributed by atoms with Crippen molar-refractivity contribution in [3.8, 4) is 12.1 Å². The van der Waals surface area contributed by atoms with E-state index in [4.69, 9.17) is 5.73 Å². The summed E-state index contributed by atoms with van der Waals surface area (Å²) in [7, 11) is 0. The van der Waals surface area contributed by atoms with Crippen LogP contribution in [0.25, 0.3) is 6.08 Å². The minimum absolute atomic E-state index is 0.541. The van der Waals surface area contributed by atoms with Gasteiger partial charge in [0.25, 0.3) is 0 Å². The minimum Gasteiger partial charge on any atom is -0.368 e. The van der Waals surface area contributed by atoms with Crippen LogP contribution in [0.1, 0.15) is 28.7 Å². The number of carbonyl (C=O) groups is 1. The number of benzene rings is 2. The number of halogens is 1. The minimum atomic E-state index is -1.44. The Morgan fingerprint density at radius 1 is 1.15 bits per heavy atom. The molecule has 1 amide bonds. The summed E-state index contributed by atoms with van der Waals surface area (Å²) in [6.07, 6.45) is 3.69. The zero-order chi connectivity index (χ0) is 19.2. The molecule has 0 bridgehead atoms. The Hall–Kier alpha value is -2.84. The molecule has 2 aromatic carbocycles. The molecule has 6 heteroatoms. The highest BCUT2D eigenvalue weighted by Crippen LogP contribution is 2.59. The molecule has 4 rings (SSSR count). The lowest BCUT2D eigenvalue weighted by atomic mass is 9.68. The fourth-order valence-electron chi connectivity index (χ4n) is 4.39. The number of fused-ring (bicyclic) bond motifs is 3. The Balaban J connectivity index is 2.02. The van der Waals surface area contributed by atoms with Crippen molar-refractivity contribution in [3.63, 3.8) is 0 Å². The largest absolute Gasteiger partial charge is 0.368 e. The van der Waals surface area contributed by atoms with Crippen molar-refractivity contribution < 1.29 is 4.79 Å². The van der Waals surface area contributed by atoms with Crippen LogP contribution in [-0.2, 0) is 4.79 Å². The molecule has 3 atom stereocenters. The van der Waals surface area contributed by atoms with E-state index in [1.807, 2.05) is 54.6 Å². The third-order valence-corrected chi connectivity index (χ3v) is 6.11. The number of hydrogen-bond donors (Lipinski definition) is 1. The molecular formula is C21H15IN4O. The number of amides is 1. The van der Waals surface area contributed by atoms with Gasteiger partial charge < -0.3 is 10.6 Å². The predicted molar refractivity (Wildman–Crippen MR) is 109 cm³/mol. The number of nitrogens with two attached hydrogens (primary N) is 1. The molecule has 2 aromatic rings. The summed E-state index contributed by atoms with van der Waals surface area (Å²) in [5.74, 6) is -1.19. The van der Waals surface area contributed by atoms with E-state index >= 15 is 0 Å². The normalized spacial score (nSPS) is 24.4. The van der Waals surface area contributed by atoms with E-state index in [1.54, 1.807) is 11.1 Å². The summed E-state index contributed by atoms with van der Waals surface area (Å²) in [6.45, 7) is 0. The van der Waals surface area contributed by atoms with Gasteiger partial charge in [-0.3, -0.25) is 4.79 Å². The second kappa shape index (κ2) is 6.40. The van der Waals surface area contributed by atoms with Gasteiger partial charge in [0.1, 0.15) is 6.04 Å². The summed E-state index contributed by atoms with van der Waals surface area (Å²) in [6, 6.07) is 18.4. The van der Waals surface area contributed by atoms with E-state index in [-0.39, 0.29) is 0 Å². The Morgan fingerprint density at radius 3 is 2.56 bits per heavy atom. The van der Waals surface area contributed by atoms with Crippen LogP contribution in [0.3, 0.4) is 0 Å². The Labute approximate surface area is 170 Å². The summed E-state index contributed by atoms with van der Waals surface area (Å²) in [4.78, 5) is 14.3. The van der Waals surface area contributed by atoms with E-state index in [1.165, 1.54) is 0 Å². The molecule has 5 nitrogen and oxygen atoms in total. The number of carbonyl (C=O) groups excluding carboxylic acids is 1. The van der Waals surface area contributed by atoms with E-state index in [0.29, 0.717) is 0 Å². The lowest BCUT2D eigenvalue weighted by Crippen LogP contribution is -2.41. The second-order valence-corrected chi connectivity index (χ2v) is 8.01. The van der Waals surface area contributed by atoms with Crippen LogP contribution in [-0.4, -0.2) is 16.8 Å². The molecule has 2 aliphatic heterocycles. The Bertz CT molecular complexity index is 1030. The summed E-state index contributed by atoms with van der Waals surface area (Å²) in [5.41, 5.74) is 6.93. The first-order valence-corrected chi connectivity index (χ1v) is 9.53. The van der Waals surface area contributed by atoms with Gasteiger partial charge in [-0.25, -0.2) is 0 Å². The molecule has 0 spiro atoms. The molecule has 2 heterocycles. The van der Waals surface area contributed by atoms with Gasteiger partial charge in [0, 0.05) is 15.7 Å². The zero-order valence-electron chi connectivity index (χ0n) is 14.2. The second-order valence-electron chi connectivity index (χ2n) is 6.77. The quantitative estimate of drug-likeness (QED) is 0.688. The Morgan fingerprint density at radius 2 is 1.89 bits per heavy atom. The van der Waals surface area contributed by atoms with Gasteiger partial charge in [0.05, 0.1) is 18.2 Å². The first-order chi connectivity index (χ1) is 13.0. The topological polar surface area (TPSA) is 93.9 Å². The molecule has 27 heavy (non-hydrogen) atoms. The third kappa shape index (κ3) is 2.44. The van der Waals surface area contributed by atoms with Crippen molar-refractivity contribution in [2.24, 2.45) is 11.1 Å². The molecule has 1 fully saturated rings. The van der Waals surface area contributed by atoms with Crippen LogP contribution < -0.4 is 5.73 Å². The fraction of sp³-hybridized carbons (Fsp3) is 0.190. The van der Waals surface area contributed by atoms with Gasteiger partial charge in [-0.1, -0.05) is 36.4 Å². The maximum Gasteiger partial charge on any atom is 0.240 e. The summed E-state index contributed by atoms with van der Waals surface area (Å²) >= 11 is 2.18. The van der Waals surface area contributed by atoms with Gasteiger partial charge in [0.15, 0.2) is 5.41 Å². The molecule has 1 saturated heterocycles. The lowest BCUT2D eigenvalue weighted by Gasteiger charge is -2.34. The average Bonchev–Trinajstić information content (AvgIpc) is 2.99. The zero-order valence-corrected chi connectivity index (χ0v) is 16.4. The smallest absolute Gasteiger partial charge is 0.240 e. The van der Waals surface area contributed by atoms with Crippen LogP contribution in [0.15, 0.2) is 54.7 Å². The summed E-state index contributed by atoms with van der Waals surface area (Å²) < 4.78 is 0.971. The van der Waals surface area contributed by atoms with Crippen LogP contribution >= 0.6 is 22.6 Å². The molecule has 2 aliphatic rings. The highest BCUT2D eigenvalue weighted by molar-refractivity contribution is 14.1. The molecule has 2 N–H and O–H groups in total. The number of hydrogen-bond acceptors (Lipinski definition) is 4. The van der Waals surface area contributed by atoms with Gasteiger partial charge >= 0.3 is 0 Å². The molecule has 0 aromatic heterocycles. The van der Waals surface area contributed by atoms with E-state index in [0.717, 1.165) is 20.3 Å². The highest BCUT2D eigenvalue weighted by Gasteiger charge is 2.63. The molecule has 0 aliphatic carbocycles. The van der Waals surface area contributed by atoms with Crippen LogP contribution in [0.5, 0.6) is 0 Å². The number of nitrogens with zero attached hydrogens (tertiary/aromatic N) is 3. The average molecular weight is 466 g/mol. The molecule has 0 radical (unpaired) electrons. The molecule has 0 unspecified atom stereocenters. The van der Waals surface area contributed by atoms with E-state index in [2.05, 4.69) is 34.7 Å². The van der Waals surface area contributed by atoms with Crippen LogP contribution in [0.4, 0.5) is 0 Å². The predicted octanol–water partition coefficient (Wildman–Crippen LogP) is 3.30. The first-order valence-electron chi connectivity index (χ1n) is 8.45. The molecular weight excluding hydrogens is 451 g/mol. The van der Waals surface area contributed by atoms with Gasteiger partial charge in [-0.05, 0) is 57.5 Å². The van der Waals surface area contributed by atoms with Crippen molar-refractivity contribution in [3.05, 3.63) is 75.0 Å². The Kier molecular flexibility index (Phi) is 4.16. The lowest BCUT2D eigenvalue weighted by molar-refractivity contribution is -0.122. The van der Waals surface area contributed by atoms with Crippen LogP contribution in [0.2, 0.25) is 0 Å². The van der Waals surface area contributed by atoms with Crippen molar-refractivity contribution in [2.75, 3.05) is 0 Å². The van der Waals surface area contributed by atoms with Gasteiger partial charge in [0.2, 0.25) is 5.91 Å².